The maximum Gasteiger partial charge on any atom is 0.239 e. The number of tetrazole rings is 1. The van der Waals surface area contributed by atoms with E-state index in [1.54, 1.807) is 30.3 Å². The highest BCUT2D eigenvalue weighted by Gasteiger charge is 2.26. The van der Waals surface area contributed by atoms with Crippen LogP contribution in [0.5, 0.6) is 0 Å². The van der Waals surface area contributed by atoms with E-state index in [9.17, 15) is 17.2 Å². The molecule has 25 heavy (non-hydrogen) atoms. The monoisotopic (exact) mass is 372 g/mol. The summed E-state index contributed by atoms with van der Waals surface area (Å²) in [6, 6.07) is 8.49. The van der Waals surface area contributed by atoms with Gasteiger partial charge in [0.1, 0.15) is 5.75 Å². The fourth-order valence-corrected chi connectivity index (χ4v) is 3.96. The van der Waals surface area contributed by atoms with Gasteiger partial charge in [-0.2, -0.15) is 4.80 Å². The molecule has 6 nitrogen and oxygen atoms in total. The average molecular weight is 372 g/mol. The van der Waals surface area contributed by atoms with Crippen molar-refractivity contribution >= 4 is 9.84 Å². The molecule has 2 rings (SSSR count). The molecule has 0 amide bonds. The molecule has 0 saturated carbocycles. The second-order valence-corrected chi connectivity index (χ2v) is 9.06. The molecule has 1 aromatic heterocycles. The van der Waals surface area contributed by atoms with E-state index in [2.05, 4.69) is 15.4 Å². The molecule has 0 aliphatic rings. The zero-order valence-electron chi connectivity index (χ0n) is 14.4. The number of hydrogen-bond acceptors (Lipinski definition) is 5. The predicted molar refractivity (Wildman–Crippen MR) is 90.1 cm³/mol. The SMILES string of the molecule is CC(C)(C)n1nnc(CS(=O)(=O)CC(CC(F)F)c2ccccc2)n1. The van der Waals surface area contributed by atoms with E-state index in [1.807, 2.05) is 20.8 Å². The van der Waals surface area contributed by atoms with Crippen molar-refractivity contribution in [2.75, 3.05) is 5.75 Å². The lowest BCUT2D eigenvalue weighted by molar-refractivity contribution is 0.130. The van der Waals surface area contributed by atoms with Crippen LogP contribution < -0.4 is 0 Å². The third kappa shape index (κ3) is 5.84. The van der Waals surface area contributed by atoms with Crippen LogP contribution in [0.2, 0.25) is 0 Å². The van der Waals surface area contributed by atoms with Crippen LogP contribution in [0.4, 0.5) is 8.78 Å². The molecule has 0 fully saturated rings. The summed E-state index contributed by atoms with van der Waals surface area (Å²) < 4.78 is 50.7. The first-order valence-corrected chi connectivity index (χ1v) is 9.72. The first kappa shape index (κ1) is 19.4. The molecule has 2 aromatic rings. The normalized spacial score (nSPS) is 14.0. The lowest BCUT2D eigenvalue weighted by Crippen LogP contribution is -2.25. The molecule has 0 radical (unpaired) electrons. The summed E-state index contributed by atoms with van der Waals surface area (Å²) in [5.41, 5.74) is 0.162. The van der Waals surface area contributed by atoms with Crippen LogP contribution in [0.3, 0.4) is 0 Å². The third-order valence-corrected chi connectivity index (χ3v) is 5.20. The minimum atomic E-state index is -3.67. The molecule has 1 unspecified atom stereocenters. The molecule has 1 atom stereocenters. The quantitative estimate of drug-likeness (QED) is 0.747. The van der Waals surface area contributed by atoms with Gasteiger partial charge in [-0.3, -0.25) is 0 Å². The van der Waals surface area contributed by atoms with Gasteiger partial charge in [-0.05, 0) is 31.5 Å². The van der Waals surface area contributed by atoms with E-state index in [0.717, 1.165) is 0 Å². The van der Waals surface area contributed by atoms with Crippen molar-refractivity contribution in [1.82, 2.24) is 20.2 Å². The van der Waals surface area contributed by atoms with Gasteiger partial charge in [0.15, 0.2) is 15.7 Å². The van der Waals surface area contributed by atoms with Crippen LogP contribution in [0, 0.1) is 0 Å². The lowest BCUT2D eigenvalue weighted by Gasteiger charge is -2.17. The van der Waals surface area contributed by atoms with Crippen LogP contribution in [0.1, 0.15) is 44.5 Å². The van der Waals surface area contributed by atoms with Crippen molar-refractivity contribution in [3.8, 4) is 0 Å². The summed E-state index contributed by atoms with van der Waals surface area (Å²) in [5, 5.41) is 11.7. The van der Waals surface area contributed by atoms with Crippen LogP contribution in [-0.4, -0.2) is 40.8 Å². The van der Waals surface area contributed by atoms with Crippen LogP contribution in [0.15, 0.2) is 30.3 Å². The van der Waals surface area contributed by atoms with Crippen LogP contribution >= 0.6 is 0 Å². The van der Waals surface area contributed by atoms with E-state index in [1.165, 1.54) is 4.80 Å². The Bertz CT molecular complexity index is 786. The molecule has 138 valence electrons. The van der Waals surface area contributed by atoms with E-state index < -0.39 is 39.9 Å². The minimum Gasteiger partial charge on any atom is -0.228 e. The molecular weight excluding hydrogens is 350 g/mol. The zero-order valence-corrected chi connectivity index (χ0v) is 15.2. The molecule has 0 spiro atoms. The van der Waals surface area contributed by atoms with Gasteiger partial charge in [0.05, 0.1) is 11.3 Å². The summed E-state index contributed by atoms with van der Waals surface area (Å²) in [7, 11) is -3.67. The van der Waals surface area contributed by atoms with Gasteiger partial charge in [-0.1, -0.05) is 30.3 Å². The Labute approximate surface area is 146 Å². The molecule has 1 aromatic carbocycles. The maximum atomic E-state index is 12.9. The summed E-state index contributed by atoms with van der Waals surface area (Å²) in [4.78, 5) is 1.34. The Morgan fingerprint density at radius 2 is 1.80 bits per heavy atom. The topological polar surface area (TPSA) is 77.7 Å². The fraction of sp³-hybridized carbons (Fsp3) is 0.562. The van der Waals surface area contributed by atoms with Gasteiger partial charge >= 0.3 is 0 Å². The van der Waals surface area contributed by atoms with Gasteiger partial charge in [0, 0.05) is 12.3 Å². The number of hydrogen-bond donors (Lipinski definition) is 0. The maximum absolute atomic E-state index is 12.9. The van der Waals surface area contributed by atoms with Crippen molar-refractivity contribution in [2.45, 2.75) is 50.8 Å². The summed E-state index contributed by atoms with van der Waals surface area (Å²) in [6.45, 7) is 5.59. The number of nitrogens with zero attached hydrogens (tertiary/aromatic N) is 4. The van der Waals surface area contributed by atoms with Gasteiger partial charge in [0.2, 0.25) is 6.43 Å². The number of aromatic nitrogens is 4. The Morgan fingerprint density at radius 3 is 2.32 bits per heavy atom. The molecule has 0 aliphatic heterocycles. The lowest BCUT2D eigenvalue weighted by atomic mass is 9.98. The Balaban J connectivity index is 2.15. The minimum absolute atomic E-state index is 0.0683. The van der Waals surface area contributed by atoms with Gasteiger partial charge in [-0.15, -0.1) is 10.2 Å². The number of alkyl halides is 2. The number of benzene rings is 1. The van der Waals surface area contributed by atoms with Crippen molar-refractivity contribution < 1.29 is 17.2 Å². The van der Waals surface area contributed by atoms with Crippen LogP contribution in [-0.2, 0) is 21.1 Å². The first-order chi connectivity index (χ1) is 11.6. The highest BCUT2D eigenvalue weighted by molar-refractivity contribution is 7.90. The molecule has 0 N–H and O–H groups in total. The smallest absolute Gasteiger partial charge is 0.228 e. The molecule has 0 aliphatic carbocycles. The number of rotatable bonds is 7. The molecule has 9 heteroatoms. The molecule has 0 bridgehead atoms. The van der Waals surface area contributed by atoms with Gasteiger partial charge < -0.3 is 0 Å². The highest BCUT2D eigenvalue weighted by atomic mass is 32.2. The number of halogens is 2. The number of sulfone groups is 1. The predicted octanol–water partition coefficient (Wildman–Crippen LogP) is 2.78. The second kappa shape index (κ2) is 7.55. The Kier molecular flexibility index (Phi) is 5.87. The molecule has 1 heterocycles. The van der Waals surface area contributed by atoms with Crippen molar-refractivity contribution in [1.29, 1.82) is 0 Å². The van der Waals surface area contributed by atoms with E-state index in [4.69, 9.17) is 0 Å². The molecular formula is C16H22F2N4O2S. The van der Waals surface area contributed by atoms with Crippen LogP contribution in [0.25, 0.3) is 0 Å². The summed E-state index contributed by atoms with van der Waals surface area (Å²) in [5.74, 6) is -1.51. The van der Waals surface area contributed by atoms with Gasteiger partial charge in [-0.25, -0.2) is 17.2 Å². The Hall–Kier alpha value is -1.90. The second-order valence-electron chi connectivity index (χ2n) is 6.95. The first-order valence-electron chi connectivity index (χ1n) is 7.90. The zero-order chi connectivity index (χ0) is 18.7. The summed E-state index contributed by atoms with van der Waals surface area (Å²) >= 11 is 0. The molecule has 0 saturated heterocycles. The van der Waals surface area contributed by atoms with E-state index in [-0.39, 0.29) is 11.6 Å². The standard InChI is InChI=1S/C16H22F2N4O2S/c1-16(2,3)22-20-15(19-21-22)11-25(23,24)10-13(9-14(17)18)12-7-5-4-6-8-12/h4-8,13-14H,9-11H2,1-3H3. The Morgan fingerprint density at radius 1 is 1.16 bits per heavy atom. The van der Waals surface area contributed by atoms with E-state index >= 15 is 0 Å². The van der Waals surface area contributed by atoms with Crippen molar-refractivity contribution in [3.63, 3.8) is 0 Å². The highest BCUT2D eigenvalue weighted by Crippen LogP contribution is 2.26. The fourth-order valence-electron chi connectivity index (χ4n) is 2.39. The van der Waals surface area contributed by atoms with Crippen molar-refractivity contribution in [3.05, 3.63) is 41.7 Å². The largest absolute Gasteiger partial charge is 0.239 e. The third-order valence-electron chi connectivity index (χ3n) is 3.59. The average Bonchev–Trinajstić information content (AvgIpc) is 2.94. The van der Waals surface area contributed by atoms with E-state index in [0.29, 0.717) is 5.56 Å². The summed E-state index contributed by atoms with van der Waals surface area (Å²) in [6.07, 6.45) is -3.09. The van der Waals surface area contributed by atoms with Gasteiger partial charge in [0.25, 0.3) is 0 Å². The van der Waals surface area contributed by atoms with Crippen molar-refractivity contribution in [2.24, 2.45) is 0 Å².